The highest BCUT2D eigenvalue weighted by Gasteiger charge is 2.12. The molecule has 3 aromatic rings. The van der Waals surface area contributed by atoms with Gasteiger partial charge in [0.15, 0.2) is 5.76 Å². The van der Waals surface area contributed by atoms with Crippen molar-refractivity contribution in [3.05, 3.63) is 52.1 Å². The van der Waals surface area contributed by atoms with Gasteiger partial charge >= 0.3 is 0 Å². The van der Waals surface area contributed by atoms with Crippen molar-refractivity contribution in [1.82, 2.24) is 10.1 Å². The normalized spacial score (nSPS) is 10.6. The van der Waals surface area contributed by atoms with Crippen molar-refractivity contribution in [1.29, 1.82) is 0 Å². The SMILES string of the molecule is O=C(CCc1nc(-c2ccco2)no1)Nc1ccc(I)cc1. The number of rotatable bonds is 5. The molecule has 0 spiro atoms. The molecular weight excluding hydrogens is 397 g/mol. The van der Waals surface area contributed by atoms with Crippen LogP contribution in [0.15, 0.2) is 51.6 Å². The first-order chi connectivity index (χ1) is 10.7. The van der Waals surface area contributed by atoms with Gasteiger partial charge in [-0.1, -0.05) is 5.16 Å². The van der Waals surface area contributed by atoms with Crippen LogP contribution < -0.4 is 5.32 Å². The van der Waals surface area contributed by atoms with Crippen LogP contribution in [0, 0.1) is 3.57 Å². The molecule has 0 atom stereocenters. The molecule has 0 fully saturated rings. The number of hydrogen-bond donors (Lipinski definition) is 1. The topological polar surface area (TPSA) is 81.2 Å². The number of nitrogens with zero attached hydrogens (tertiary/aromatic N) is 2. The van der Waals surface area contributed by atoms with E-state index in [0.29, 0.717) is 23.9 Å². The van der Waals surface area contributed by atoms with Crippen LogP contribution in [0.25, 0.3) is 11.6 Å². The van der Waals surface area contributed by atoms with E-state index >= 15 is 0 Å². The zero-order valence-corrected chi connectivity index (χ0v) is 13.6. The van der Waals surface area contributed by atoms with Crippen LogP contribution in [0.4, 0.5) is 5.69 Å². The van der Waals surface area contributed by atoms with E-state index < -0.39 is 0 Å². The van der Waals surface area contributed by atoms with E-state index in [9.17, 15) is 4.79 Å². The number of nitrogens with one attached hydrogen (secondary N) is 1. The van der Waals surface area contributed by atoms with Crippen molar-refractivity contribution in [3.63, 3.8) is 0 Å². The zero-order valence-electron chi connectivity index (χ0n) is 11.5. The molecule has 0 aliphatic carbocycles. The van der Waals surface area contributed by atoms with E-state index in [4.69, 9.17) is 8.94 Å². The average Bonchev–Trinajstić information content (AvgIpc) is 3.18. The summed E-state index contributed by atoms with van der Waals surface area (Å²) in [5.74, 6) is 1.24. The molecule has 0 saturated heterocycles. The van der Waals surface area contributed by atoms with E-state index in [0.717, 1.165) is 9.26 Å². The number of benzene rings is 1. The molecule has 0 aliphatic heterocycles. The lowest BCUT2D eigenvalue weighted by molar-refractivity contribution is -0.116. The molecular formula is C15H12IN3O3. The third-order valence-corrected chi connectivity index (χ3v) is 3.62. The van der Waals surface area contributed by atoms with Crippen LogP contribution in [0.2, 0.25) is 0 Å². The van der Waals surface area contributed by atoms with Crippen LogP contribution >= 0.6 is 22.6 Å². The highest BCUT2D eigenvalue weighted by Crippen LogP contribution is 2.16. The predicted molar refractivity (Wildman–Crippen MR) is 88.1 cm³/mol. The van der Waals surface area contributed by atoms with E-state index in [1.54, 1.807) is 18.4 Å². The van der Waals surface area contributed by atoms with Gasteiger partial charge in [-0.05, 0) is 59.0 Å². The Balaban J connectivity index is 1.54. The molecule has 7 heteroatoms. The fourth-order valence-electron chi connectivity index (χ4n) is 1.84. The maximum absolute atomic E-state index is 11.9. The monoisotopic (exact) mass is 409 g/mol. The molecule has 1 aromatic carbocycles. The molecule has 1 amide bonds. The number of aryl methyl sites for hydroxylation is 1. The Labute approximate surface area is 140 Å². The first-order valence-corrected chi connectivity index (χ1v) is 7.70. The Kier molecular flexibility index (Phi) is 4.52. The maximum Gasteiger partial charge on any atom is 0.238 e. The van der Waals surface area contributed by atoms with Gasteiger partial charge in [-0.15, -0.1) is 0 Å². The Hall–Kier alpha value is -2.16. The summed E-state index contributed by atoms with van der Waals surface area (Å²) in [7, 11) is 0. The largest absolute Gasteiger partial charge is 0.461 e. The number of anilines is 1. The smallest absolute Gasteiger partial charge is 0.238 e. The number of carbonyl (C=O) groups is 1. The highest BCUT2D eigenvalue weighted by atomic mass is 127. The van der Waals surface area contributed by atoms with Gasteiger partial charge in [-0.3, -0.25) is 4.79 Å². The van der Waals surface area contributed by atoms with Crippen molar-refractivity contribution < 1.29 is 13.7 Å². The zero-order chi connectivity index (χ0) is 15.4. The number of halogens is 1. The second kappa shape index (κ2) is 6.73. The van der Waals surface area contributed by atoms with E-state index in [1.165, 1.54) is 0 Å². The lowest BCUT2D eigenvalue weighted by atomic mass is 10.2. The predicted octanol–water partition coefficient (Wildman–Crippen LogP) is 3.51. The van der Waals surface area contributed by atoms with Crippen LogP contribution in [0.3, 0.4) is 0 Å². The van der Waals surface area contributed by atoms with Crippen molar-refractivity contribution in [3.8, 4) is 11.6 Å². The fourth-order valence-corrected chi connectivity index (χ4v) is 2.20. The third kappa shape index (κ3) is 3.73. The Morgan fingerprint density at radius 2 is 2.05 bits per heavy atom. The van der Waals surface area contributed by atoms with Gasteiger partial charge in [0, 0.05) is 22.1 Å². The summed E-state index contributed by atoms with van der Waals surface area (Å²) in [6, 6.07) is 11.1. The minimum Gasteiger partial charge on any atom is -0.461 e. The molecule has 0 saturated carbocycles. The minimum atomic E-state index is -0.0982. The highest BCUT2D eigenvalue weighted by molar-refractivity contribution is 14.1. The summed E-state index contributed by atoms with van der Waals surface area (Å²) >= 11 is 2.21. The van der Waals surface area contributed by atoms with E-state index in [2.05, 4.69) is 38.0 Å². The van der Waals surface area contributed by atoms with Gasteiger partial charge in [0.2, 0.25) is 17.6 Å². The number of furan rings is 1. The second-order valence-corrected chi connectivity index (χ2v) is 5.79. The molecule has 0 radical (unpaired) electrons. The van der Waals surface area contributed by atoms with Crippen LogP contribution in [0.5, 0.6) is 0 Å². The number of carbonyl (C=O) groups excluding carboxylic acids is 1. The summed E-state index contributed by atoms with van der Waals surface area (Å²) in [6.45, 7) is 0. The van der Waals surface area contributed by atoms with Gasteiger partial charge in [-0.2, -0.15) is 4.98 Å². The summed E-state index contributed by atoms with van der Waals surface area (Å²) in [5.41, 5.74) is 0.771. The molecule has 2 heterocycles. The van der Waals surface area contributed by atoms with Crippen molar-refractivity contribution in [2.75, 3.05) is 5.32 Å². The minimum absolute atomic E-state index is 0.0982. The molecule has 0 aliphatic rings. The number of amides is 1. The van der Waals surface area contributed by atoms with E-state index in [-0.39, 0.29) is 12.3 Å². The first-order valence-electron chi connectivity index (χ1n) is 6.62. The lowest BCUT2D eigenvalue weighted by Crippen LogP contribution is -2.12. The van der Waals surface area contributed by atoms with Crippen LogP contribution in [-0.2, 0) is 11.2 Å². The maximum atomic E-state index is 11.9. The van der Waals surface area contributed by atoms with Crippen molar-refractivity contribution in [2.45, 2.75) is 12.8 Å². The van der Waals surface area contributed by atoms with Gasteiger partial charge in [-0.25, -0.2) is 0 Å². The summed E-state index contributed by atoms with van der Waals surface area (Å²) < 4.78 is 11.4. The number of aromatic nitrogens is 2. The molecule has 0 bridgehead atoms. The summed E-state index contributed by atoms with van der Waals surface area (Å²) in [6.07, 6.45) is 2.19. The molecule has 0 unspecified atom stereocenters. The Morgan fingerprint density at radius 1 is 1.23 bits per heavy atom. The van der Waals surface area contributed by atoms with Crippen LogP contribution in [0.1, 0.15) is 12.3 Å². The lowest BCUT2D eigenvalue weighted by Gasteiger charge is -2.03. The third-order valence-electron chi connectivity index (χ3n) is 2.90. The fraction of sp³-hybridized carbons (Fsp3) is 0.133. The number of hydrogen-bond acceptors (Lipinski definition) is 5. The van der Waals surface area contributed by atoms with Crippen molar-refractivity contribution >= 4 is 34.2 Å². The molecule has 112 valence electrons. The average molecular weight is 409 g/mol. The van der Waals surface area contributed by atoms with E-state index in [1.807, 2.05) is 24.3 Å². The molecule has 22 heavy (non-hydrogen) atoms. The molecule has 1 N–H and O–H groups in total. The van der Waals surface area contributed by atoms with Gasteiger partial charge in [0.25, 0.3) is 0 Å². The van der Waals surface area contributed by atoms with Gasteiger partial charge < -0.3 is 14.3 Å². The Morgan fingerprint density at radius 3 is 2.77 bits per heavy atom. The molecule has 3 rings (SSSR count). The van der Waals surface area contributed by atoms with Crippen LogP contribution in [-0.4, -0.2) is 16.0 Å². The van der Waals surface area contributed by atoms with Gasteiger partial charge in [0.1, 0.15) is 0 Å². The second-order valence-electron chi connectivity index (χ2n) is 4.54. The molecule has 6 nitrogen and oxygen atoms in total. The van der Waals surface area contributed by atoms with Gasteiger partial charge in [0.05, 0.1) is 6.26 Å². The summed E-state index contributed by atoms with van der Waals surface area (Å²) in [5, 5.41) is 6.64. The quantitative estimate of drug-likeness (QED) is 0.653. The summed E-state index contributed by atoms with van der Waals surface area (Å²) in [4.78, 5) is 16.1. The Bertz CT molecular complexity index is 751. The standard InChI is InChI=1S/C15H12IN3O3/c16-10-3-5-11(6-4-10)17-13(20)7-8-14-18-15(19-22-14)12-2-1-9-21-12/h1-6,9H,7-8H2,(H,17,20). The molecule has 2 aromatic heterocycles. The van der Waals surface area contributed by atoms with Crippen molar-refractivity contribution in [2.24, 2.45) is 0 Å². The first kappa shape index (κ1) is 14.8.